The Kier molecular flexibility index (Phi) is 1.81. The summed E-state index contributed by atoms with van der Waals surface area (Å²) < 4.78 is 0. The highest BCUT2D eigenvalue weighted by Gasteiger charge is 1.93. The molecule has 0 atom stereocenters. The molecule has 0 aliphatic carbocycles. The van der Waals surface area contributed by atoms with Crippen LogP contribution in [-0.4, -0.2) is 5.11 Å². The number of aryl methyl sites for hydroxylation is 1. The van der Waals surface area contributed by atoms with E-state index in [-0.39, 0.29) is 5.75 Å². The molecule has 0 fully saturated rings. The number of benzene rings is 1. The quantitative estimate of drug-likeness (QED) is 0.577. The summed E-state index contributed by atoms with van der Waals surface area (Å²) in [4.78, 5) is 0. The second-order valence-electron chi connectivity index (χ2n) is 2.29. The highest BCUT2D eigenvalue weighted by molar-refractivity contribution is 5.46. The molecule has 0 spiro atoms. The van der Waals surface area contributed by atoms with Gasteiger partial charge in [-0.2, -0.15) is 0 Å². The van der Waals surface area contributed by atoms with Gasteiger partial charge >= 0.3 is 0 Å². The Balaban J connectivity index is 3.06. The molecule has 0 aliphatic heterocycles. The van der Waals surface area contributed by atoms with Crippen molar-refractivity contribution in [3.05, 3.63) is 23.8 Å². The molecule has 0 radical (unpaired) electrons. The Morgan fingerprint density at radius 1 is 1.40 bits per heavy atom. The lowest BCUT2D eigenvalue weighted by Crippen LogP contribution is -1.86. The van der Waals surface area contributed by atoms with E-state index in [1.165, 1.54) is 0 Å². The predicted molar refractivity (Wildman–Crippen MR) is 41.9 cm³/mol. The molecule has 0 saturated carbocycles. The van der Waals surface area contributed by atoms with Crippen LogP contribution in [0.25, 0.3) is 0 Å². The van der Waals surface area contributed by atoms with Gasteiger partial charge in [-0.05, 0) is 24.1 Å². The standard InChI is InChI=1S/C8H11NO/c1-2-6-3-7(9)5-8(10)4-6/h3-5,10H,2,9H2,1H3. The number of phenolic OH excluding ortho intramolecular Hbond substituents is 1. The van der Waals surface area contributed by atoms with Gasteiger partial charge in [-0.15, -0.1) is 0 Å². The minimum absolute atomic E-state index is 0.247. The highest BCUT2D eigenvalue weighted by Crippen LogP contribution is 2.16. The Labute approximate surface area is 60.3 Å². The fourth-order valence-electron chi connectivity index (χ4n) is 0.904. The minimum atomic E-state index is 0.247. The van der Waals surface area contributed by atoms with Crippen molar-refractivity contribution in [2.45, 2.75) is 13.3 Å². The fourth-order valence-corrected chi connectivity index (χ4v) is 0.904. The van der Waals surface area contributed by atoms with Crippen LogP contribution in [0.3, 0.4) is 0 Å². The Bertz CT molecular complexity index is 212. The number of aromatic hydroxyl groups is 1. The van der Waals surface area contributed by atoms with Crippen molar-refractivity contribution >= 4 is 5.69 Å². The molecule has 0 unspecified atom stereocenters. The maximum Gasteiger partial charge on any atom is 0.117 e. The monoisotopic (exact) mass is 137 g/mol. The van der Waals surface area contributed by atoms with Crippen LogP contribution in [-0.2, 0) is 6.42 Å². The third kappa shape index (κ3) is 1.41. The minimum Gasteiger partial charge on any atom is -0.508 e. The molecule has 3 N–H and O–H groups in total. The lowest BCUT2D eigenvalue weighted by molar-refractivity contribution is 0.475. The van der Waals surface area contributed by atoms with E-state index in [2.05, 4.69) is 0 Å². The zero-order valence-corrected chi connectivity index (χ0v) is 5.96. The molecule has 10 heavy (non-hydrogen) atoms. The average Bonchev–Trinajstić information content (AvgIpc) is 1.85. The molecule has 0 saturated heterocycles. The van der Waals surface area contributed by atoms with Gasteiger partial charge in [0.2, 0.25) is 0 Å². The van der Waals surface area contributed by atoms with Crippen molar-refractivity contribution in [2.24, 2.45) is 0 Å². The number of hydrogen-bond acceptors (Lipinski definition) is 2. The summed E-state index contributed by atoms with van der Waals surface area (Å²) in [6.07, 6.45) is 0.901. The summed E-state index contributed by atoms with van der Waals surface area (Å²) in [5.74, 6) is 0.247. The molecule has 54 valence electrons. The molecular weight excluding hydrogens is 126 g/mol. The molecule has 1 aromatic rings. The number of nitrogen functional groups attached to an aromatic ring is 1. The summed E-state index contributed by atoms with van der Waals surface area (Å²) >= 11 is 0. The van der Waals surface area contributed by atoms with E-state index < -0.39 is 0 Å². The first-order valence-electron chi connectivity index (χ1n) is 3.30. The van der Waals surface area contributed by atoms with Crippen LogP contribution < -0.4 is 5.73 Å². The van der Waals surface area contributed by atoms with Gasteiger partial charge in [0.25, 0.3) is 0 Å². The summed E-state index contributed by atoms with van der Waals surface area (Å²) in [7, 11) is 0. The lowest BCUT2D eigenvalue weighted by atomic mass is 10.1. The summed E-state index contributed by atoms with van der Waals surface area (Å²) in [6, 6.07) is 5.12. The number of hydrogen-bond donors (Lipinski definition) is 2. The Morgan fingerprint density at radius 3 is 2.60 bits per heavy atom. The molecule has 0 amide bonds. The Hall–Kier alpha value is -1.18. The van der Waals surface area contributed by atoms with Crippen molar-refractivity contribution in [3.8, 4) is 5.75 Å². The van der Waals surface area contributed by atoms with Gasteiger partial charge in [-0.25, -0.2) is 0 Å². The van der Waals surface area contributed by atoms with Gasteiger partial charge in [0, 0.05) is 11.8 Å². The van der Waals surface area contributed by atoms with E-state index in [0.717, 1.165) is 12.0 Å². The van der Waals surface area contributed by atoms with Gasteiger partial charge in [-0.1, -0.05) is 6.92 Å². The van der Waals surface area contributed by atoms with Crippen LogP contribution in [0.2, 0.25) is 0 Å². The van der Waals surface area contributed by atoms with Crippen molar-refractivity contribution in [3.63, 3.8) is 0 Å². The first-order chi connectivity index (χ1) is 4.72. The molecule has 0 heterocycles. The molecule has 2 heteroatoms. The number of rotatable bonds is 1. The molecular formula is C8H11NO. The first-order valence-corrected chi connectivity index (χ1v) is 3.30. The lowest BCUT2D eigenvalue weighted by Gasteiger charge is -1.99. The second-order valence-corrected chi connectivity index (χ2v) is 2.29. The van der Waals surface area contributed by atoms with Crippen LogP contribution in [0.4, 0.5) is 5.69 Å². The molecule has 0 bridgehead atoms. The Morgan fingerprint density at radius 2 is 2.10 bits per heavy atom. The van der Waals surface area contributed by atoms with E-state index in [9.17, 15) is 0 Å². The summed E-state index contributed by atoms with van der Waals surface area (Å²) in [5.41, 5.74) is 7.16. The van der Waals surface area contributed by atoms with E-state index in [4.69, 9.17) is 10.8 Å². The maximum absolute atomic E-state index is 9.04. The largest absolute Gasteiger partial charge is 0.508 e. The summed E-state index contributed by atoms with van der Waals surface area (Å²) in [5, 5.41) is 9.04. The normalized spacial score (nSPS) is 9.70. The van der Waals surface area contributed by atoms with Gasteiger partial charge in [0.15, 0.2) is 0 Å². The van der Waals surface area contributed by atoms with Crippen molar-refractivity contribution in [2.75, 3.05) is 5.73 Å². The van der Waals surface area contributed by atoms with Crippen molar-refractivity contribution < 1.29 is 5.11 Å². The topological polar surface area (TPSA) is 46.2 Å². The summed E-state index contributed by atoms with van der Waals surface area (Å²) in [6.45, 7) is 2.02. The first kappa shape index (κ1) is 6.93. The van der Waals surface area contributed by atoms with Crippen LogP contribution in [0.15, 0.2) is 18.2 Å². The van der Waals surface area contributed by atoms with Crippen LogP contribution in [0.5, 0.6) is 5.75 Å². The number of anilines is 1. The SMILES string of the molecule is CCc1cc(N)cc(O)c1. The smallest absolute Gasteiger partial charge is 0.117 e. The van der Waals surface area contributed by atoms with E-state index in [0.29, 0.717) is 5.69 Å². The predicted octanol–water partition coefficient (Wildman–Crippen LogP) is 1.54. The van der Waals surface area contributed by atoms with Crippen molar-refractivity contribution in [1.29, 1.82) is 0 Å². The van der Waals surface area contributed by atoms with Gasteiger partial charge in [0.05, 0.1) is 0 Å². The fraction of sp³-hybridized carbons (Fsp3) is 0.250. The number of phenols is 1. The molecule has 2 nitrogen and oxygen atoms in total. The average molecular weight is 137 g/mol. The number of nitrogens with two attached hydrogens (primary N) is 1. The molecule has 1 rings (SSSR count). The highest BCUT2D eigenvalue weighted by atomic mass is 16.3. The van der Waals surface area contributed by atoms with Gasteiger partial charge in [0.1, 0.15) is 5.75 Å². The zero-order valence-electron chi connectivity index (χ0n) is 5.96. The van der Waals surface area contributed by atoms with Crippen molar-refractivity contribution in [1.82, 2.24) is 0 Å². The van der Waals surface area contributed by atoms with Gasteiger partial charge < -0.3 is 10.8 Å². The van der Waals surface area contributed by atoms with Crippen LogP contribution in [0, 0.1) is 0 Å². The maximum atomic E-state index is 9.04. The van der Waals surface area contributed by atoms with E-state index in [1.807, 2.05) is 13.0 Å². The third-order valence-electron chi connectivity index (χ3n) is 1.41. The molecule has 1 aromatic carbocycles. The zero-order chi connectivity index (χ0) is 7.56. The van der Waals surface area contributed by atoms with Crippen LogP contribution in [0.1, 0.15) is 12.5 Å². The van der Waals surface area contributed by atoms with Gasteiger partial charge in [-0.3, -0.25) is 0 Å². The van der Waals surface area contributed by atoms with E-state index in [1.54, 1.807) is 12.1 Å². The van der Waals surface area contributed by atoms with Crippen LogP contribution >= 0.6 is 0 Å². The van der Waals surface area contributed by atoms with E-state index >= 15 is 0 Å². The molecule has 0 aliphatic rings. The second kappa shape index (κ2) is 2.60. The third-order valence-corrected chi connectivity index (χ3v) is 1.41. The molecule has 0 aromatic heterocycles.